The molecule has 0 radical (unpaired) electrons. The van der Waals surface area contributed by atoms with Crippen LogP contribution in [0, 0.1) is 0 Å². The lowest BCUT2D eigenvalue weighted by molar-refractivity contribution is -0.150. The van der Waals surface area contributed by atoms with Gasteiger partial charge in [-0.15, -0.1) is 0 Å². The lowest BCUT2D eigenvalue weighted by Crippen LogP contribution is -2.30. The van der Waals surface area contributed by atoms with Crippen molar-refractivity contribution in [3.05, 3.63) is 46.7 Å². The number of thiophene rings is 1. The van der Waals surface area contributed by atoms with Crippen LogP contribution in [0.4, 0.5) is 13.2 Å². The van der Waals surface area contributed by atoms with Gasteiger partial charge >= 0.3 is 12.1 Å². The van der Waals surface area contributed by atoms with Crippen LogP contribution in [-0.4, -0.2) is 34.8 Å². The maximum Gasteiger partial charge on any atom is 0.395 e. The SMILES string of the molecule is NC(CCSCCC(c1ccc(-c2ccsc2)cc1)C(F)(F)F)C(=O)O. The van der Waals surface area contributed by atoms with E-state index in [0.29, 0.717) is 11.5 Å². The van der Waals surface area contributed by atoms with Crippen LogP contribution in [0.1, 0.15) is 24.3 Å². The van der Waals surface area contributed by atoms with Crippen LogP contribution < -0.4 is 5.73 Å². The Labute approximate surface area is 158 Å². The number of carboxylic acid groups (broad SMARTS) is 1. The summed E-state index contributed by atoms with van der Waals surface area (Å²) in [4.78, 5) is 10.6. The van der Waals surface area contributed by atoms with Crippen molar-refractivity contribution >= 4 is 29.1 Å². The van der Waals surface area contributed by atoms with Crippen molar-refractivity contribution in [2.24, 2.45) is 5.73 Å². The van der Waals surface area contributed by atoms with Crippen LogP contribution in [0.3, 0.4) is 0 Å². The van der Waals surface area contributed by atoms with Crippen LogP contribution in [-0.2, 0) is 4.79 Å². The van der Waals surface area contributed by atoms with Crippen LogP contribution in [0.15, 0.2) is 41.1 Å². The summed E-state index contributed by atoms with van der Waals surface area (Å²) < 4.78 is 40.3. The molecule has 2 rings (SSSR count). The summed E-state index contributed by atoms with van der Waals surface area (Å²) in [6, 6.07) is 7.47. The number of nitrogens with two attached hydrogens (primary N) is 1. The first-order valence-corrected chi connectivity index (χ1v) is 10.1. The van der Waals surface area contributed by atoms with Gasteiger partial charge in [0.2, 0.25) is 0 Å². The van der Waals surface area contributed by atoms with E-state index in [1.807, 2.05) is 16.8 Å². The van der Waals surface area contributed by atoms with E-state index in [-0.39, 0.29) is 18.4 Å². The molecule has 0 aliphatic heterocycles. The van der Waals surface area contributed by atoms with Crippen molar-refractivity contribution in [1.29, 1.82) is 0 Å². The smallest absolute Gasteiger partial charge is 0.395 e. The molecule has 8 heteroatoms. The number of carbonyl (C=O) groups is 1. The van der Waals surface area contributed by atoms with Crippen LogP contribution in [0.25, 0.3) is 11.1 Å². The summed E-state index contributed by atoms with van der Waals surface area (Å²) >= 11 is 2.84. The predicted octanol–water partition coefficient (Wildman–Crippen LogP) is 4.99. The van der Waals surface area contributed by atoms with Gasteiger partial charge in [0.1, 0.15) is 6.04 Å². The number of alkyl halides is 3. The van der Waals surface area contributed by atoms with Gasteiger partial charge in [-0.25, -0.2) is 0 Å². The van der Waals surface area contributed by atoms with Crippen molar-refractivity contribution in [3.8, 4) is 11.1 Å². The molecule has 3 nitrogen and oxygen atoms in total. The topological polar surface area (TPSA) is 63.3 Å². The zero-order chi connectivity index (χ0) is 19.2. The van der Waals surface area contributed by atoms with Gasteiger partial charge < -0.3 is 10.8 Å². The predicted molar refractivity (Wildman–Crippen MR) is 101 cm³/mol. The molecule has 2 atom stereocenters. The molecule has 0 aliphatic carbocycles. The molecule has 0 fully saturated rings. The van der Waals surface area contributed by atoms with Crippen LogP contribution in [0.2, 0.25) is 0 Å². The fourth-order valence-electron chi connectivity index (χ4n) is 2.49. The van der Waals surface area contributed by atoms with E-state index < -0.39 is 24.1 Å². The summed E-state index contributed by atoms with van der Waals surface area (Å²) in [5.41, 5.74) is 7.52. The second-order valence-electron chi connectivity index (χ2n) is 5.86. The summed E-state index contributed by atoms with van der Waals surface area (Å²) in [6.07, 6.45) is -4.12. The highest BCUT2D eigenvalue weighted by Gasteiger charge is 2.40. The standard InChI is InChI=1S/C18H20F3NO2S2/c19-18(20,21)15(6-9-25-10-7-16(22)17(23)24)13-3-1-12(2-4-13)14-5-8-26-11-14/h1-5,8,11,15-16H,6-7,9-10,22H2,(H,23,24). The minimum atomic E-state index is -4.32. The Morgan fingerprint density at radius 1 is 1.12 bits per heavy atom. The molecule has 2 aromatic rings. The van der Waals surface area contributed by atoms with Crippen molar-refractivity contribution < 1.29 is 23.1 Å². The first-order valence-electron chi connectivity index (χ1n) is 8.04. The van der Waals surface area contributed by atoms with E-state index in [4.69, 9.17) is 10.8 Å². The fourth-order valence-corrected chi connectivity index (χ4v) is 4.19. The zero-order valence-corrected chi connectivity index (χ0v) is 15.5. The number of benzene rings is 1. The number of carboxylic acids is 1. The molecule has 0 amide bonds. The average molecular weight is 403 g/mol. The third kappa shape index (κ3) is 6.03. The number of aliphatic carboxylic acids is 1. The maximum absolute atomic E-state index is 13.4. The van der Waals surface area contributed by atoms with Crippen molar-refractivity contribution in [3.63, 3.8) is 0 Å². The van der Waals surface area contributed by atoms with Crippen molar-refractivity contribution in [2.45, 2.75) is 31.0 Å². The van der Waals surface area contributed by atoms with E-state index in [9.17, 15) is 18.0 Å². The third-order valence-electron chi connectivity index (χ3n) is 4.00. The second kappa shape index (κ2) is 9.43. The van der Waals surface area contributed by atoms with Gasteiger partial charge in [-0.05, 0) is 57.9 Å². The van der Waals surface area contributed by atoms with Gasteiger partial charge in [0.15, 0.2) is 0 Å². The first-order chi connectivity index (χ1) is 12.3. The highest BCUT2D eigenvalue weighted by molar-refractivity contribution is 7.99. The number of halogens is 3. The van der Waals surface area contributed by atoms with Gasteiger partial charge in [0.05, 0.1) is 5.92 Å². The van der Waals surface area contributed by atoms with Gasteiger partial charge in [0.25, 0.3) is 0 Å². The molecule has 0 spiro atoms. The molecule has 1 aromatic heterocycles. The van der Waals surface area contributed by atoms with E-state index in [0.717, 1.165) is 11.1 Å². The molecular weight excluding hydrogens is 383 g/mol. The molecule has 0 bridgehead atoms. The highest BCUT2D eigenvalue weighted by atomic mass is 32.2. The number of thioether (sulfide) groups is 1. The quantitative estimate of drug-likeness (QED) is 0.579. The molecule has 0 aliphatic rings. The van der Waals surface area contributed by atoms with E-state index in [1.54, 1.807) is 23.5 Å². The third-order valence-corrected chi connectivity index (χ3v) is 5.74. The van der Waals surface area contributed by atoms with Gasteiger partial charge in [-0.2, -0.15) is 36.3 Å². The first kappa shape index (κ1) is 20.8. The molecular formula is C18H20F3NO2S2. The lowest BCUT2D eigenvalue weighted by atomic mass is 9.94. The van der Waals surface area contributed by atoms with E-state index in [2.05, 4.69) is 0 Å². The number of rotatable bonds is 9. The summed E-state index contributed by atoms with van der Waals surface area (Å²) in [5, 5.41) is 12.6. The molecule has 0 saturated carbocycles. The molecule has 1 heterocycles. The van der Waals surface area contributed by atoms with Gasteiger partial charge in [-0.1, -0.05) is 24.3 Å². The van der Waals surface area contributed by atoms with Crippen molar-refractivity contribution in [1.82, 2.24) is 0 Å². The molecule has 1 aromatic carbocycles. The lowest BCUT2D eigenvalue weighted by Gasteiger charge is -2.21. The Balaban J connectivity index is 1.94. The summed E-state index contributed by atoms with van der Waals surface area (Å²) in [7, 11) is 0. The minimum absolute atomic E-state index is 0.0473. The molecule has 3 N–H and O–H groups in total. The Kier molecular flexibility index (Phi) is 7.55. The Morgan fingerprint density at radius 2 is 1.77 bits per heavy atom. The maximum atomic E-state index is 13.4. The average Bonchev–Trinajstić information content (AvgIpc) is 3.11. The second-order valence-corrected chi connectivity index (χ2v) is 7.87. The zero-order valence-electron chi connectivity index (χ0n) is 13.9. The monoisotopic (exact) mass is 403 g/mol. The highest BCUT2D eigenvalue weighted by Crippen LogP contribution is 2.39. The number of hydrogen-bond acceptors (Lipinski definition) is 4. The van der Waals surface area contributed by atoms with Gasteiger partial charge in [0, 0.05) is 0 Å². The Hall–Kier alpha value is -1.51. The largest absolute Gasteiger partial charge is 0.480 e. The van der Waals surface area contributed by atoms with Crippen molar-refractivity contribution in [2.75, 3.05) is 11.5 Å². The number of hydrogen-bond donors (Lipinski definition) is 2. The Bertz CT molecular complexity index is 687. The summed E-state index contributed by atoms with van der Waals surface area (Å²) in [6.45, 7) is 0. The van der Waals surface area contributed by atoms with Crippen LogP contribution in [0.5, 0.6) is 0 Å². The van der Waals surface area contributed by atoms with E-state index >= 15 is 0 Å². The van der Waals surface area contributed by atoms with Gasteiger partial charge in [-0.3, -0.25) is 4.79 Å². The fraction of sp³-hybridized carbons (Fsp3) is 0.389. The molecule has 142 valence electrons. The molecule has 0 saturated heterocycles. The minimum Gasteiger partial charge on any atom is -0.480 e. The normalized spacial score (nSPS) is 14.2. The molecule has 2 unspecified atom stereocenters. The van der Waals surface area contributed by atoms with E-state index in [1.165, 1.54) is 23.9 Å². The Morgan fingerprint density at radius 3 is 2.31 bits per heavy atom. The summed E-state index contributed by atoms with van der Waals surface area (Å²) in [5.74, 6) is -1.90. The van der Waals surface area contributed by atoms with Crippen LogP contribution >= 0.6 is 23.1 Å². The molecule has 26 heavy (non-hydrogen) atoms.